The highest BCUT2D eigenvalue weighted by molar-refractivity contribution is 7.92. The summed E-state index contributed by atoms with van der Waals surface area (Å²) in [5.74, 6) is 0. The van der Waals surface area contributed by atoms with Crippen molar-refractivity contribution in [3.8, 4) is 0 Å². The van der Waals surface area contributed by atoms with Crippen LogP contribution in [0.4, 0.5) is 17.1 Å². The van der Waals surface area contributed by atoms with Crippen LogP contribution in [0.2, 0.25) is 5.02 Å². The fraction of sp³-hybridized carbons (Fsp3) is 0.250. The Morgan fingerprint density at radius 1 is 1.08 bits per heavy atom. The predicted molar refractivity (Wildman–Crippen MR) is 98.7 cm³/mol. The van der Waals surface area contributed by atoms with Gasteiger partial charge in [-0.25, -0.2) is 8.42 Å². The topological polar surface area (TPSA) is 101 Å². The monoisotopic (exact) mass is 383 g/mol. The van der Waals surface area contributed by atoms with Crippen LogP contribution in [0, 0.1) is 10.1 Å². The van der Waals surface area contributed by atoms with Gasteiger partial charge in [0.25, 0.3) is 15.7 Å². The van der Waals surface area contributed by atoms with E-state index in [0.29, 0.717) is 0 Å². The maximum Gasteiger partial charge on any atom is 0.293 e. The number of benzene rings is 2. The zero-order valence-electron chi connectivity index (χ0n) is 13.9. The van der Waals surface area contributed by atoms with E-state index >= 15 is 0 Å². The van der Waals surface area contributed by atoms with Crippen molar-refractivity contribution in [1.29, 1.82) is 0 Å². The molecule has 0 saturated carbocycles. The number of nitrogens with zero attached hydrogens (tertiary/aromatic N) is 1. The molecule has 2 aromatic rings. The zero-order chi connectivity index (χ0) is 18.8. The fourth-order valence-electron chi connectivity index (χ4n) is 2.09. The summed E-state index contributed by atoms with van der Waals surface area (Å²) in [4.78, 5) is 10.5. The molecule has 2 aromatic carbocycles. The van der Waals surface area contributed by atoms with Gasteiger partial charge >= 0.3 is 0 Å². The summed E-state index contributed by atoms with van der Waals surface area (Å²) < 4.78 is 27.4. The van der Waals surface area contributed by atoms with E-state index in [2.05, 4.69) is 10.0 Å². The lowest BCUT2D eigenvalue weighted by atomic mass is 10.1. The number of anilines is 2. The van der Waals surface area contributed by atoms with Gasteiger partial charge in [-0.2, -0.15) is 0 Å². The van der Waals surface area contributed by atoms with Crippen molar-refractivity contribution in [3.05, 3.63) is 57.6 Å². The fourth-order valence-corrected chi connectivity index (χ4v) is 3.43. The molecular formula is C16H18ClN3O4S. The van der Waals surface area contributed by atoms with Crippen molar-refractivity contribution < 1.29 is 13.3 Å². The molecule has 2 N–H and O–H groups in total. The largest absolute Gasteiger partial charge is 0.375 e. The lowest BCUT2D eigenvalue weighted by molar-refractivity contribution is -0.384. The van der Waals surface area contributed by atoms with Crippen molar-refractivity contribution in [2.45, 2.75) is 31.2 Å². The summed E-state index contributed by atoms with van der Waals surface area (Å²) in [5, 5.41) is 14.5. The Kier molecular flexibility index (Phi) is 5.24. The Bertz CT molecular complexity index is 908. The van der Waals surface area contributed by atoms with Crippen molar-refractivity contribution in [2.24, 2.45) is 0 Å². The third-order valence-corrected chi connectivity index (χ3v) is 4.80. The maximum atomic E-state index is 12.5. The number of nitrogens with one attached hydrogen (secondary N) is 2. The summed E-state index contributed by atoms with van der Waals surface area (Å²) in [7, 11) is -4.02. The third kappa shape index (κ3) is 4.83. The number of nitro benzene ring substituents is 1. The van der Waals surface area contributed by atoms with E-state index in [1.165, 1.54) is 24.3 Å². The first-order valence-electron chi connectivity index (χ1n) is 7.33. The minimum Gasteiger partial charge on any atom is -0.375 e. The first kappa shape index (κ1) is 19.0. The Morgan fingerprint density at radius 3 is 2.28 bits per heavy atom. The minimum absolute atomic E-state index is 0.198. The summed E-state index contributed by atoms with van der Waals surface area (Å²) in [6, 6.07) is 10.0. The van der Waals surface area contributed by atoms with Crippen LogP contribution in [-0.4, -0.2) is 18.9 Å². The van der Waals surface area contributed by atoms with Crippen molar-refractivity contribution in [1.82, 2.24) is 0 Å². The molecule has 25 heavy (non-hydrogen) atoms. The summed E-state index contributed by atoms with van der Waals surface area (Å²) in [5.41, 5.74) is -0.295. The second-order valence-corrected chi connectivity index (χ2v) is 8.49. The Morgan fingerprint density at radius 2 is 1.72 bits per heavy atom. The van der Waals surface area contributed by atoms with Gasteiger partial charge in [0.15, 0.2) is 0 Å². The number of halogens is 1. The van der Waals surface area contributed by atoms with Crippen LogP contribution < -0.4 is 10.0 Å². The average molecular weight is 384 g/mol. The van der Waals surface area contributed by atoms with Crippen molar-refractivity contribution in [2.75, 3.05) is 10.0 Å². The highest BCUT2D eigenvalue weighted by Crippen LogP contribution is 2.31. The van der Waals surface area contributed by atoms with Gasteiger partial charge in [-0.3, -0.25) is 14.8 Å². The quantitative estimate of drug-likeness (QED) is 0.593. The first-order valence-corrected chi connectivity index (χ1v) is 9.20. The number of hydrogen-bond acceptors (Lipinski definition) is 5. The molecule has 0 spiro atoms. The van der Waals surface area contributed by atoms with Crippen LogP contribution in [-0.2, 0) is 10.0 Å². The number of para-hydroxylation sites is 1. The van der Waals surface area contributed by atoms with Crippen molar-refractivity contribution in [3.63, 3.8) is 0 Å². The van der Waals surface area contributed by atoms with Gasteiger partial charge in [0.2, 0.25) is 0 Å². The minimum atomic E-state index is -4.02. The normalized spacial score (nSPS) is 11.8. The number of sulfonamides is 1. The lowest BCUT2D eigenvalue weighted by Crippen LogP contribution is -2.26. The van der Waals surface area contributed by atoms with Gasteiger partial charge in [-0.15, -0.1) is 0 Å². The highest BCUT2D eigenvalue weighted by atomic mass is 35.5. The molecule has 2 rings (SSSR count). The van der Waals surface area contributed by atoms with E-state index in [-0.39, 0.29) is 27.0 Å². The van der Waals surface area contributed by atoms with Gasteiger partial charge < -0.3 is 5.32 Å². The van der Waals surface area contributed by atoms with Crippen LogP contribution in [0.3, 0.4) is 0 Å². The average Bonchev–Trinajstić information content (AvgIpc) is 2.48. The second-order valence-electron chi connectivity index (χ2n) is 6.40. The molecule has 0 saturated heterocycles. The molecule has 0 aliphatic rings. The number of nitro groups is 1. The van der Waals surface area contributed by atoms with E-state index < -0.39 is 20.5 Å². The van der Waals surface area contributed by atoms with Gasteiger partial charge in [0.1, 0.15) is 5.69 Å². The molecule has 0 bridgehead atoms. The van der Waals surface area contributed by atoms with E-state index in [1.54, 1.807) is 12.1 Å². The maximum absolute atomic E-state index is 12.5. The van der Waals surface area contributed by atoms with E-state index in [9.17, 15) is 18.5 Å². The molecule has 0 fully saturated rings. The second kappa shape index (κ2) is 6.89. The molecule has 9 heteroatoms. The first-order chi connectivity index (χ1) is 11.5. The molecule has 0 aromatic heterocycles. The zero-order valence-corrected chi connectivity index (χ0v) is 15.5. The lowest BCUT2D eigenvalue weighted by Gasteiger charge is -2.22. The van der Waals surface area contributed by atoms with Crippen LogP contribution in [0.1, 0.15) is 20.8 Å². The summed E-state index contributed by atoms with van der Waals surface area (Å²) >= 11 is 5.95. The Balaban J connectivity index is 2.43. The predicted octanol–water partition coefficient (Wildman–Crippen LogP) is 4.26. The molecule has 134 valence electrons. The summed E-state index contributed by atoms with van der Waals surface area (Å²) in [6.45, 7) is 5.54. The van der Waals surface area contributed by atoms with Crippen molar-refractivity contribution >= 4 is 38.7 Å². The molecule has 0 aliphatic carbocycles. The van der Waals surface area contributed by atoms with Crippen LogP contribution in [0.25, 0.3) is 0 Å². The number of rotatable bonds is 5. The highest BCUT2D eigenvalue weighted by Gasteiger charge is 2.24. The molecule has 0 aliphatic heterocycles. The SMILES string of the molecule is CC(C)(C)Nc1ccc(S(=O)(=O)Nc2ccccc2Cl)cc1[N+](=O)[O-]. The van der Waals surface area contributed by atoms with E-state index in [0.717, 1.165) is 6.07 Å². The molecule has 0 amide bonds. The summed E-state index contributed by atoms with van der Waals surface area (Å²) in [6.07, 6.45) is 0. The standard InChI is InChI=1S/C16H18ClN3O4S/c1-16(2,3)18-14-9-8-11(10-15(14)20(21)22)25(23,24)19-13-7-5-4-6-12(13)17/h4-10,18-19H,1-3H3. The Hall–Kier alpha value is -2.32. The van der Waals surface area contributed by atoms with Crippen LogP contribution in [0.15, 0.2) is 47.4 Å². The smallest absolute Gasteiger partial charge is 0.293 e. The van der Waals surface area contributed by atoms with E-state index in [1.807, 2.05) is 20.8 Å². The molecule has 0 atom stereocenters. The van der Waals surface area contributed by atoms with Crippen LogP contribution >= 0.6 is 11.6 Å². The molecule has 0 radical (unpaired) electrons. The van der Waals surface area contributed by atoms with Gasteiger partial charge in [0.05, 0.1) is 20.5 Å². The van der Waals surface area contributed by atoms with Gasteiger partial charge in [0, 0.05) is 11.6 Å². The Labute approximate surface area is 151 Å². The van der Waals surface area contributed by atoms with Gasteiger partial charge in [-0.1, -0.05) is 23.7 Å². The molecule has 0 unspecified atom stereocenters. The molecule has 0 heterocycles. The third-order valence-electron chi connectivity index (χ3n) is 3.10. The van der Waals surface area contributed by atoms with Gasteiger partial charge in [-0.05, 0) is 45.0 Å². The number of hydrogen-bond donors (Lipinski definition) is 2. The van der Waals surface area contributed by atoms with E-state index in [4.69, 9.17) is 11.6 Å². The molecule has 7 nitrogen and oxygen atoms in total. The van der Waals surface area contributed by atoms with Crippen LogP contribution in [0.5, 0.6) is 0 Å². The molecular weight excluding hydrogens is 366 g/mol.